The van der Waals surface area contributed by atoms with E-state index in [9.17, 15) is 14.4 Å². The molecule has 4 heterocycles. The lowest BCUT2D eigenvalue weighted by Crippen LogP contribution is -2.40. The Morgan fingerprint density at radius 2 is 1.95 bits per heavy atom. The lowest BCUT2D eigenvalue weighted by molar-refractivity contribution is -0.0752. The molecule has 0 saturated carbocycles. The average molecular weight is 631 g/mol. The predicted molar refractivity (Wildman–Crippen MR) is 154 cm³/mol. The van der Waals surface area contributed by atoms with Crippen LogP contribution < -0.4 is 16.0 Å². The smallest absolute Gasteiger partial charge is 0.356 e. The predicted octanol–water partition coefficient (Wildman–Crippen LogP) is 4.41. The summed E-state index contributed by atoms with van der Waals surface area (Å²) in [6, 6.07) is 10.4. The highest BCUT2D eigenvalue weighted by Gasteiger charge is 2.27. The fraction of sp³-hybridized carbons (Fsp3) is 0.357. The fourth-order valence-electron chi connectivity index (χ4n) is 4.84. The molecule has 3 aromatic heterocycles. The van der Waals surface area contributed by atoms with Crippen molar-refractivity contribution in [2.75, 3.05) is 27.4 Å². The van der Waals surface area contributed by atoms with Gasteiger partial charge in [-0.05, 0) is 59.5 Å². The summed E-state index contributed by atoms with van der Waals surface area (Å²) in [5.41, 5.74) is 0.644. The molecular formula is C28H28BrN3O7S. The highest BCUT2D eigenvalue weighted by molar-refractivity contribution is 9.11. The molecule has 12 heteroatoms. The van der Waals surface area contributed by atoms with Gasteiger partial charge >= 0.3 is 11.7 Å². The number of rotatable bonds is 8. The van der Waals surface area contributed by atoms with Gasteiger partial charge in [-0.3, -0.25) is 9.36 Å². The molecule has 0 bridgehead atoms. The van der Waals surface area contributed by atoms with Crippen molar-refractivity contribution in [3.05, 3.63) is 84.0 Å². The summed E-state index contributed by atoms with van der Waals surface area (Å²) >= 11 is 4.87. The number of ether oxygens (including phenoxy) is 4. The molecule has 1 atom stereocenters. The molecule has 1 aromatic carbocycles. The second-order valence-electron chi connectivity index (χ2n) is 9.28. The molecule has 40 heavy (non-hydrogen) atoms. The number of halogens is 1. The van der Waals surface area contributed by atoms with Crippen molar-refractivity contribution in [1.82, 2.24) is 14.1 Å². The second-order valence-corrected chi connectivity index (χ2v) is 11.6. The van der Waals surface area contributed by atoms with E-state index < -0.39 is 23.3 Å². The monoisotopic (exact) mass is 629 g/mol. The van der Waals surface area contributed by atoms with Gasteiger partial charge in [-0.25, -0.2) is 19.1 Å². The molecule has 0 aliphatic carbocycles. The zero-order valence-corrected chi connectivity index (χ0v) is 24.6. The number of carbonyl (C=O) groups is 1. The standard InChI is InChI=1S/C28H28BrN3O7S/c1-16-23-25(33)32(17-8-11-30-20(14-17)27(34)37-3)28(35)31(26(23)40-24(16)29)15-22(39-18-9-12-38-13-10-18)19-6-4-5-7-21(19)36-2/h4-8,11,14,18,22H,9-10,12-13,15H2,1-3H3/t22-/m0/s1. The van der Waals surface area contributed by atoms with E-state index in [4.69, 9.17) is 18.9 Å². The number of benzene rings is 1. The van der Waals surface area contributed by atoms with E-state index in [1.54, 1.807) is 11.7 Å². The molecule has 0 radical (unpaired) electrons. The zero-order valence-electron chi connectivity index (χ0n) is 22.2. The molecule has 210 valence electrons. The number of nitrogens with zero attached hydrogens (tertiary/aromatic N) is 3. The van der Waals surface area contributed by atoms with Crippen molar-refractivity contribution in [3.8, 4) is 11.4 Å². The van der Waals surface area contributed by atoms with Gasteiger partial charge in [0.25, 0.3) is 5.56 Å². The van der Waals surface area contributed by atoms with Crippen LogP contribution in [0.15, 0.2) is 56.0 Å². The molecule has 0 spiro atoms. The Morgan fingerprint density at radius 1 is 1.20 bits per heavy atom. The Morgan fingerprint density at radius 3 is 2.67 bits per heavy atom. The van der Waals surface area contributed by atoms with Crippen LogP contribution in [0.25, 0.3) is 15.9 Å². The van der Waals surface area contributed by atoms with E-state index in [1.807, 2.05) is 31.2 Å². The third kappa shape index (κ3) is 5.36. The molecule has 10 nitrogen and oxygen atoms in total. The van der Waals surface area contributed by atoms with Crippen molar-refractivity contribution >= 4 is 43.5 Å². The fourth-order valence-corrected chi connectivity index (χ4v) is 6.53. The summed E-state index contributed by atoms with van der Waals surface area (Å²) < 4.78 is 25.9. The Bertz CT molecular complexity index is 1670. The number of hydrogen-bond acceptors (Lipinski definition) is 9. The van der Waals surface area contributed by atoms with E-state index in [2.05, 4.69) is 20.9 Å². The lowest BCUT2D eigenvalue weighted by Gasteiger charge is -2.29. The SMILES string of the molecule is COC(=O)c1cc(-n2c(=O)c3c(C)c(Br)sc3n(C[C@H](OC3CCOCC3)c3ccccc3OC)c2=O)ccn1. The first-order valence-electron chi connectivity index (χ1n) is 12.7. The molecule has 0 amide bonds. The number of pyridine rings is 1. The number of aryl methyl sites for hydroxylation is 1. The second kappa shape index (κ2) is 12.0. The third-order valence-electron chi connectivity index (χ3n) is 6.91. The minimum atomic E-state index is -0.674. The highest BCUT2D eigenvalue weighted by atomic mass is 79.9. The molecule has 5 rings (SSSR count). The van der Waals surface area contributed by atoms with Crippen LogP contribution in [-0.2, 0) is 20.8 Å². The van der Waals surface area contributed by atoms with Crippen LogP contribution in [0.2, 0.25) is 0 Å². The average Bonchev–Trinajstić information content (AvgIpc) is 3.28. The number of esters is 1. The topological polar surface area (TPSA) is 111 Å². The number of aromatic nitrogens is 3. The van der Waals surface area contributed by atoms with Gasteiger partial charge in [-0.1, -0.05) is 18.2 Å². The van der Waals surface area contributed by atoms with Crippen molar-refractivity contribution in [1.29, 1.82) is 0 Å². The lowest BCUT2D eigenvalue weighted by atomic mass is 10.1. The maximum Gasteiger partial charge on any atom is 0.356 e. The number of para-hydroxylation sites is 1. The van der Waals surface area contributed by atoms with Gasteiger partial charge in [0.05, 0.1) is 41.7 Å². The van der Waals surface area contributed by atoms with Crippen molar-refractivity contribution < 1.29 is 23.7 Å². The van der Waals surface area contributed by atoms with E-state index in [1.165, 1.54) is 36.8 Å². The summed E-state index contributed by atoms with van der Waals surface area (Å²) in [5.74, 6) is -0.0376. The van der Waals surface area contributed by atoms with E-state index in [-0.39, 0.29) is 24.0 Å². The number of carbonyl (C=O) groups excluding carboxylic acids is 1. The van der Waals surface area contributed by atoms with Crippen LogP contribution in [0, 0.1) is 6.92 Å². The first kappa shape index (κ1) is 28.2. The van der Waals surface area contributed by atoms with Gasteiger partial charge in [0, 0.05) is 25.0 Å². The van der Waals surface area contributed by atoms with Gasteiger partial charge in [-0.15, -0.1) is 11.3 Å². The van der Waals surface area contributed by atoms with Crippen molar-refractivity contribution in [2.24, 2.45) is 0 Å². The van der Waals surface area contributed by atoms with E-state index in [0.29, 0.717) is 34.7 Å². The molecule has 1 aliphatic rings. The quantitative estimate of drug-likeness (QED) is 0.264. The zero-order chi connectivity index (χ0) is 28.4. The molecule has 0 unspecified atom stereocenters. The van der Waals surface area contributed by atoms with Crippen molar-refractivity contribution in [2.45, 2.75) is 38.5 Å². The summed E-state index contributed by atoms with van der Waals surface area (Å²) in [4.78, 5) is 44.7. The summed E-state index contributed by atoms with van der Waals surface area (Å²) in [6.45, 7) is 3.14. The van der Waals surface area contributed by atoms with Crippen LogP contribution in [0.1, 0.15) is 40.6 Å². The minimum Gasteiger partial charge on any atom is -0.496 e. The van der Waals surface area contributed by atoms with Crippen LogP contribution in [0.4, 0.5) is 0 Å². The van der Waals surface area contributed by atoms with Gasteiger partial charge in [-0.2, -0.15) is 0 Å². The van der Waals surface area contributed by atoms with Gasteiger partial charge in [0.2, 0.25) is 0 Å². The minimum absolute atomic E-state index is 0.0177. The number of thiophene rings is 1. The molecule has 1 saturated heterocycles. The Labute approximate surface area is 242 Å². The number of fused-ring (bicyclic) bond motifs is 1. The Balaban J connectivity index is 1.71. The molecule has 4 aromatic rings. The molecule has 0 N–H and O–H groups in total. The normalized spacial score (nSPS) is 14.8. The van der Waals surface area contributed by atoms with Crippen LogP contribution in [0.5, 0.6) is 5.75 Å². The summed E-state index contributed by atoms with van der Waals surface area (Å²) in [6.07, 6.45) is 2.19. The first-order valence-corrected chi connectivity index (χ1v) is 14.3. The molecule has 1 aliphatic heterocycles. The first-order chi connectivity index (χ1) is 19.3. The van der Waals surface area contributed by atoms with E-state index in [0.717, 1.165) is 26.8 Å². The maximum atomic E-state index is 14.2. The van der Waals surface area contributed by atoms with Gasteiger partial charge in [0.15, 0.2) is 0 Å². The van der Waals surface area contributed by atoms with Crippen LogP contribution >= 0.6 is 27.3 Å². The highest BCUT2D eigenvalue weighted by Crippen LogP contribution is 2.35. The maximum absolute atomic E-state index is 14.2. The van der Waals surface area contributed by atoms with Crippen LogP contribution in [0.3, 0.4) is 0 Å². The Kier molecular flexibility index (Phi) is 8.50. The van der Waals surface area contributed by atoms with Crippen LogP contribution in [-0.4, -0.2) is 53.6 Å². The Hall–Kier alpha value is -3.32. The van der Waals surface area contributed by atoms with Gasteiger partial charge in [0.1, 0.15) is 22.4 Å². The largest absolute Gasteiger partial charge is 0.496 e. The van der Waals surface area contributed by atoms with E-state index >= 15 is 0 Å². The summed E-state index contributed by atoms with van der Waals surface area (Å²) in [5, 5.41) is 0.401. The third-order valence-corrected chi connectivity index (χ3v) is 9.09. The molecule has 1 fully saturated rings. The number of methoxy groups -OCH3 is 2. The van der Waals surface area contributed by atoms with Crippen molar-refractivity contribution in [3.63, 3.8) is 0 Å². The molecular weight excluding hydrogens is 602 g/mol. The van der Waals surface area contributed by atoms with Gasteiger partial charge < -0.3 is 18.9 Å². The summed E-state index contributed by atoms with van der Waals surface area (Å²) in [7, 11) is 2.83. The number of hydrogen-bond donors (Lipinski definition) is 0.